The van der Waals surface area contributed by atoms with Gasteiger partial charge in [0.2, 0.25) is 0 Å². The number of aromatic nitrogens is 1. The predicted octanol–water partition coefficient (Wildman–Crippen LogP) is 4.12. The molecule has 1 aromatic carbocycles. The second kappa shape index (κ2) is 7.36. The van der Waals surface area contributed by atoms with Crippen molar-refractivity contribution in [3.05, 3.63) is 59.7 Å². The standard InChI is InChI=1S/C23H30FN3O/c1-23(2,3)26-11-10-19(15-26)22(28)27-14-18-6-9-21(27)16-25(13-18)12-17-4-7-20(24)8-5-17/h4-5,7-8,10-11,15,18,21H,6,9,12-14,16H2,1-3H3/t18-,21+/m0/s1. The van der Waals surface area contributed by atoms with Gasteiger partial charge in [-0.25, -0.2) is 4.39 Å². The molecule has 1 amide bonds. The lowest BCUT2D eigenvalue weighted by Gasteiger charge is -2.36. The van der Waals surface area contributed by atoms with E-state index in [9.17, 15) is 9.18 Å². The molecule has 3 fully saturated rings. The molecule has 0 aliphatic carbocycles. The van der Waals surface area contributed by atoms with Crippen LogP contribution in [-0.4, -0.2) is 46.0 Å². The van der Waals surface area contributed by atoms with Gasteiger partial charge in [-0.2, -0.15) is 0 Å². The van der Waals surface area contributed by atoms with Gasteiger partial charge in [-0.05, 0) is 63.3 Å². The van der Waals surface area contributed by atoms with Gasteiger partial charge < -0.3 is 9.47 Å². The Morgan fingerprint density at radius 3 is 2.50 bits per heavy atom. The van der Waals surface area contributed by atoms with Crippen molar-refractivity contribution in [2.24, 2.45) is 5.92 Å². The number of hydrogen-bond donors (Lipinski definition) is 0. The molecule has 3 aliphatic heterocycles. The molecule has 0 radical (unpaired) electrons. The first-order valence-corrected chi connectivity index (χ1v) is 10.3. The second-order valence-electron chi connectivity index (χ2n) is 9.35. The Hall–Kier alpha value is -2.14. The molecule has 0 saturated carbocycles. The molecular weight excluding hydrogens is 353 g/mol. The van der Waals surface area contributed by atoms with Crippen molar-refractivity contribution >= 4 is 5.91 Å². The first-order chi connectivity index (χ1) is 13.3. The lowest BCUT2D eigenvalue weighted by Crippen LogP contribution is -2.47. The Labute approximate surface area is 166 Å². The maximum atomic E-state index is 13.2. The first kappa shape index (κ1) is 19.2. The summed E-state index contributed by atoms with van der Waals surface area (Å²) in [6, 6.07) is 8.97. The molecule has 0 spiro atoms. The van der Waals surface area contributed by atoms with Gasteiger partial charge in [-0.1, -0.05) is 12.1 Å². The number of piperidine rings is 1. The van der Waals surface area contributed by atoms with Crippen LogP contribution in [0, 0.1) is 11.7 Å². The minimum absolute atomic E-state index is 0.0255. The topological polar surface area (TPSA) is 28.5 Å². The van der Waals surface area contributed by atoms with Crippen LogP contribution in [0.5, 0.6) is 0 Å². The Bertz CT molecular complexity index is 836. The van der Waals surface area contributed by atoms with Crippen LogP contribution in [0.1, 0.15) is 49.5 Å². The summed E-state index contributed by atoms with van der Waals surface area (Å²) in [6.45, 7) is 9.97. The zero-order valence-electron chi connectivity index (χ0n) is 17.1. The fraction of sp³-hybridized carbons (Fsp3) is 0.522. The fourth-order valence-corrected chi connectivity index (χ4v) is 4.51. The molecule has 2 bridgehead atoms. The average Bonchev–Trinajstić information content (AvgIpc) is 3.00. The molecule has 28 heavy (non-hydrogen) atoms. The lowest BCUT2D eigenvalue weighted by molar-refractivity contribution is 0.0584. The largest absolute Gasteiger partial charge is 0.348 e. The number of fused-ring (bicyclic) bond motifs is 4. The highest BCUT2D eigenvalue weighted by molar-refractivity contribution is 5.94. The number of amides is 1. The number of carbonyl (C=O) groups is 1. The first-order valence-electron chi connectivity index (χ1n) is 10.3. The lowest BCUT2D eigenvalue weighted by atomic mass is 9.94. The number of benzene rings is 1. The van der Waals surface area contributed by atoms with Crippen molar-refractivity contribution in [1.82, 2.24) is 14.4 Å². The fourth-order valence-electron chi connectivity index (χ4n) is 4.51. The van der Waals surface area contributed by atoms with E-state index in [0.29, 0.717) is 5.92 Å². The molecule has 4 heterocycles. The molecule has 4 nitrogen and oxygen atoms in total. The monoisotopic (exact) mass is 383 g/mol. The summed E-state index contributed by atoms with van der Waals surface area (Å²) in [7, 11) is 0. The van der Waals surface area contributed by atoms with Crippen LogP contribution in [0.3, 0.4) is 0 Å². The number of nitrogens with zero attached hydrogens (tertiary/aromatic N) is 3. The van der Waals surface area contributed by atoms with Gasteiger partial charge in [-0.3, -0.25) is 9.69 Å². The van der Waals surface area contributed by atoms with Crippen LogP contribution in [0.4, 0.5) is 4.39 Å². The molecular formula is C23H30FN3O. The summed E-state index contributed by atoms with van der Waals surface area (Å²) >= 11 is 0. The molecule has 2 atom stereocenters. The maximum absolute atomic E-state index is 13.2. The highest BCUT2D eigenvalue weighted by Gasteiger charge is 2.37. The summed E-state index contributed by atoms with van der Waals surface area (Å²) in [5.41, 5.74) is 1.89. The third-order valence-electron chi connectivity index (χ3n) is 6.08. The van der Waals surface area contributed by atoms with E-state index in [4.69, 9.17) is 0 Å². The van der Waals surface area contributed by atoms with E-state index in [1.54, 1.807) is 0 Å². The third kappa shape index (κ3) is 4.00. The van der Waals surface area contributed by atoms with Gasteiger partial charge in [0.25, 0.3) is 5.91 Å². The number of hydrogen-bond acceptors (Lipinski definition) is 2. The molecule has 150 valence electrons. The number of carbonyl (C=O) groups excluding carboxylic acids is 1. The molecule has 0 unspecified atom stereocenters. The molecule has 1 aromatic heterocycles. The number of halogens is 1. The van der Waals surface area contributed by atoms with E-state index in [2.05, 4.69) is 35.1 Å². The Morgan fingerprint density at radius 1 is 1.07 bits per heavy atom. The van der Waals surface area contributed by atoms with E-state index >= 15 is 0 Å². The van der Waals surface area contributed by atoms with Crippen LogP contribution in [-0.2, 0) is 12.1 Å². The average molecular weight is 384 g/mol. The van der Waals surface area contributed by atoms with Gasteiger partial charge in [0.05, 0.1) is 5.56 Å². The van der Waals surface area contributed by atoms with Crippen LogP contribution in [0.15, 0.2) is 42.7 Å². The smallest absolute Gasteiger partial charge is 0.255 e. The zero-order valence-corrected chi connectivity index (χ0v) is 17.1. The van der Waals surface area contributed by atoms with Gasteiger partial charge in [0, 0.05) is 50.2 Å². The summed E-state index contributed by atoms with van der Waals surface area (Å²) in [5, 5.41) is 0. The summed E-state index contributed by atoms with van der Waals surface area (Å²) in [6.07, 6.45) is 6.23. The van der Waals surface area contributed by atoms with Gasteiger partial charge in [0.15, 0.2) is 0 Å². The van der Waals surface area contributed by atoms with Crippen LogP contribution >= 0.6 is 0 Å². The van der Waals surface area contributed by atoms with Crippen LogP contribution in [0.25, 0.3) is 0 Å². The molecule has 0 N–H and O–H groups in total. The SMILES string of the molecule is CC(C)(C)n1ccc(C(=O)N2C[C@H]3CC[C@@H]2CN(Cc2ccc(F)cc2)C3)c1. The maximum Gasteiger partial charge on any atom is 0.255 e. The second-order valence-corrected chi connectivity index (χ2v) is 9.35. The molecule has 3 saturated heterocycles. The van der Waals surface area contributed by atoms with Crippen molar-refractivity contribution in [3.8, 4) is 0 Å². The Kier molecular flexibility index (Phi) is 5.04. The third-order valence-corrected chi connectivity index (χ3v) is 6.08. The minimum atomic E-state index is -0.196. The summed E-state index contributed by atoms with van der Waals surface area (Å²) in [5.74, 6) is 0.466. The van der Waals surface area contributed by atoms with E-state index in [0.717, 1.165) is 43.7 Å². The van der Waals surface area contributed by atoms with Crippen LogP contribution < -0.4 is 0 Å². The van der Waals surface area contributed by atoms with E-state index in [1.165, 1.54) is 18.6 Å². The highest BCUT2D eigenvalue weighted by atomic mass is 19.1. The molecule has 2 aromatic rings. The molecule has 5 heteroatoms. The predicted molar refractivity (Wildman–Crippen MR) is 109 cm³/mol. The number of rotatable bonds is 3. The normalized spacial score (nSPS) is 23.1. The van der Waals surface area contributed by atoms with Crippen molar-refractivity contribution in [2.45, 2.75) is 51.7 Å². The zero-order chi connectivity index (χ0) is 19.9. The van der Waals surface area contributed by atoms with Gasteiger partial charge in [0.1, 0.15) is 5.82 Å². The van der Waals surface area contributed by atoms with E-state index in [1.807, 2.05) is 30.6 Å². The molecule has 3 aliphatic rings. The van der Waals surface area contributed by atoms with E-state index < -0.39 is 0 Å². The quantitative estimate of drug-likeness (QED) is 0.798. The van der Waals surface area contributed by atoms with E-state index in [-0.39, 0.29) is 23.3 Å². The molecule has 5 rings (SSSR count). The van der Waals surface area contributed by atoms with Gasteiger partial charge >= 0.3 is 0 Å². The van der Waals surface area contributed by atoms with Crippen molar-refractivity contribution in [2.75, 3.05) is 19.6 Å². The van der Waals surface area contributed by atoms with Gasteiger partial charge in [-0.15, -0.1) is 0 Å². The van der Waals surface area contributed by atoms with Crippen molar-refractivity contribution in [3.63, 3.8) is 0 Å². The summed E-state index contributed by atoms with van der Waals surface area (Å²) < 4.78 is 15.3. The Morgan fingerprint density at radius 2 is 1.82 bits per heavy atom. The summed E-state index contributed by atoms with van der Waals surface area (Å²) in [4.78, 5) is 17.8. The Balaban J connectivity index is 1.48. The van der Waals surface area contributed by atoms with Crippen molar-refractivity contribution < 1.29 is 9.18 Å². The van der Waals surface area contributed by atoms with Crippen LogP contribution in [0.2, 0.25) is 0 Å². The minimum Gasteiger partial charge on any atom is -0.348 e. The highest BCUT2D eigenvalue weighted by Crippen LogP contribution is 2.30. The van der Waals surface area contributed by atoms with Crippen molar-refractivity contribution in [1.29, 1.82) is 0 Å².